The summed E-state index contributed by atoms with van der Waals surface area (Å²) in [5, 5.41) is 0.228. The number of hydrogen-bond donors (Lipinski definition) is 1. The van der Waals surface area contributed by atoms with E-state index in [0.29, 0.717) is 6.42 Å². The molecule has 0 aromatic carbocycles. The van der Waals surface area contributed by atoms with Gasteiger partial charge in [-0.15, -0.1) is 0 Å². The molecule has 14 heavy (non-hydrogen) atoms. The third-order valence-corrected chi connectivity index (χ3v) is 3.24. The van der Waals surface area contributed by atoms with E-state index in [-0.39, 0.29) is 17.3 Å². The van der Waals surface area contributed by atoms with Gasteiger partial charge in [0.15, 0.2) is 0 Å². The van der Waals surface area contributed by atoms with Gasteiger partial charge in [0, 0.05) is 31.4 Å². The molecule has 1 amide bonds. The first-order chi connectivity index (χ1) is 6.75. The molecule has 80 valence electrons. The van der Waals surface area contributed by atoms with Crippen LogP contribution in [-0.2, 0) is 9.53 Å². The Morgan fingerprint density at radius 1 is 1.50 bits per heavy atom. The summed E-state index contributed by atoms with van der Waals surface area (Å²) in [5.41, 5.74) is 0. The zero-order valence-electron chi connectivity index (χ0n) is 8.32. The minimum atomic E-state index is 0.228. The van der Waals surface area contributed by atoms with E-state index in [4.69, 9.17) is 4.74 Å². The predicted octanol–water partition coefficient (Wildman–Crippen LogP) is 1.09. The van der Waals surface area contributed by atoms with Gasteiger partial charge in [-0.05, 0) is 19.3 Å². The Balaban J connectivity index is 1.81. The van der Waals surface area contributed by atoms with Crippen molar-refractivity contribution in [3.8, 4) is 0 Å². The Labute approximate surface area is 90.2 Å². The van der Waals surface area contributed by atoms with Gasteiger partial charge < -0.3 is 9.64 Å². The van der Waals surface area contributed by atoms with Crippen LogP contribution in [0.5, 0.6) is 0 Å². The summed E-state index contributed by atoms with van der Waals surface area (Å²) in [6.07, 6.45) is 4.36. The number of thiol groups is 1. The van der Waals surface area contributed by atoms with Crippen molar-refractivity contribution >= 4 is 18.5 Å². The van der Waals surface area contributed by atoms with E-state index in [2.05, 4.69) is 12.6 Å². The maximum Gasteiger partial charge on any atom is 0.223 e. The first kappa shape index (κ1) is 10.3. The summed E-state index contributed by atoms with van der Waals surface area (Å²) in [4.78, 5) is 13.4. The van der Waals surface area contributed by atoms with Crippen molar-refractivity contribution in [1.82, 2.24) is 4.90 Å². The van der Waals surface area contributed by atoms with Crippen LogP contribution in [-0.4, -0.2) is 41.9 Å². The highest BCUT2D eigenvalue weighted by atomic mass is 32.1. The fourth-order valence-corrected chi connectivity index (χ4v) is 2.48. The average molecular weight is 215 g/mol. The molecule has 0 radical (unpaired) electrons. The van der Waals surface area contributed by atoms with Crippen molar-refractivity contribution in [3.63, 3.8) is 0 Å². The summed E-state index contributed by atoms with van der Waals surface area (Å²) in [7, 11) is 0. The molecule has 3 nitrogen and oxygen atoms in total. The molecule has 0 aromatic heterocycles. The quantitative estimate of drug-likeness (QED) is 0.699. The molecule has 0 spiro atoms. The molecule has 0 N–H and O–H groups in total. The first-order valence-corrected chi connectivity index (χ1v) is 5.85. The lowest BCUT2D eigenvalue weighted by molar-refractivity contribution is -0.130. The zero-order chi connectivity index (χ0) is 9.97. The maximum absolute atomic E-state index is 11.5. The van der Waals surface area contributed by atoms with Crippen molar-refractivity contribution in [2.24, 2.45) is 0 Å². The lowest BCUT2D eigenvalue weighted by Gasteiger charge is -2.27. The van der Waals surface area contributed by atoms with E-state index in [9.17, 15) is 4.79 Å². The number of carbonyl (C=O) groups excluding carboxylic acids is 1. The molecule has 2 saturated heterocycles. The van der Waals surface area contributed by atoms with E-state index in [1.807, 2.05) is 4.90 Å². The number of likely N-dealkylation sites (tertiary alicyclic amines) is 1. The zero-order valence-corrected chi connectivity index (χ0v) is 9.21. The molecule has 0 saturated carbocycles. The molecule has 0 aliphatic carbocycles. The fourth-order valence-electron chi connectivity index (χ4n) is 2.12. The molecule has 2 atom stereocenters. The summed E-state index contributed by atoms with van der Waals surface area (Å²) < 4.78 is 5.60. The van der Waals surface area contributed by atoms with Gasteiger partial charge in [-0.3, -0.25) is 4.79 Å². The smallest absolute Gasteiger partial charge is 0.223 e. The van der Waals surface area contributed by atoms with E-state index < -0.39 is 0 Å². The Morgan fingerprint density at radius 3 is 2.93 bits per heavy atom. The molecule has 0 aromatic rings. The lowest BCUT2D eigenvalue weighted by Crippen LogP contribution is -2.36. The molecule has 2 rings (SSSR count). The van der Waals surface area contributed by atoms with Crippen molar-refractivity contribution in [1.29, 1.82) is 0 Å². The number of amides is 1. The van der Waals surface area contributed by atoms with Gasteiger partial charge in [0.1, 0.15) is 0 Å². The van der Waals surface area contributed by atoms with E-state index >= 15 is 0 Å². The molecule has 2 fully saturated rings. The van der Waals surface area contributed by atoms with Crippen LogP contribution in [0, 0.1) is 0 Å². The molecule has 2 heterocycles. The van der Waals surface area contributed by atoms with Gasteiger partial charge in [0.2, 0.25) is 5.91 Å². The minimum absolute atomic E-state index is 0.228. The number of ether oxygens (including phenoxy) is 1. The Morgan fingerprint density at radius 2 is 2.36 bits per heavy atom. The second kappa shape index (κ2) is 4.53. The maximum atomic E-state index is 11.5. The highest BCUT2D eigenvalue weighted by molar-refractivity contribution is 7.81. The van der Waals surface area contributed by atoms with Crippen LogP contribution in [0.1, 0.15) is 25.7 Å². The molecule has 0 bridgehead atoms. The third kappa shape index (κ3) is 2.42. The Bertz CT molecular complexity index is 216. The fraction of sp³-hybridized carbons (Fsp3) is 0.900. The molecule has 2 aliphatic rings. The van der Waals surface area contributed by atoms with Crippen LogP contribution in [0.4, 0.5) is 0 Å². The van der Waals surface area contributed by atoms with E-state index in [0.717, 1.165) is 26.1 Å². The molecular formula is C10H17NO2S. The van der Waals surface area contributed by atoms with E-state index in [1.165, 1.54) is 12.8 Å². The van der Waals surface area contributed by atoms with Crippen molar-refractivity contribution in [2.75, 3.05) is 19.7 Å². The van der Waals surface area contributed by atoms with Gasteiger partial charge in [0.05, 0.1) is 6.10 Å². The van der Waals surface area contributed by atoms with Crippen LogP contribution in [0.3, 0.4) is 0 Å². The number of rotatable bonds is 2. The molecule has 4 heteroatoms. The summed E-state index contributed by atoms with van der Waals surface area (Å²) in [6.45, 7) is 2.43. The number of hydrogen-bond acceptors (Lipinski definition) is 3. The third-order valence-electron chi connectivity index (χ3n) is 2.89. The van der Waals surface area contributed by atoms with Crippen molar-refractivity contribution < 1.29 is 9.53 Å². The molecular weight excluding hydrogens is 198 g/mol. The van der Waals surface area contributed by atoms with Crippen LogP contribution >= 0.6 is 12.6 Å². The Kier molecular flexibility index (Phi) is 3.34. The average Bonchev–Trinajstić information content (AvgIpc) is 2.47. The van der Waals surface area contributed by atoms with Crippen LogP contribution in [0.25, 0.3) is 0 Å². The van der Waals surface area contributed by atoms with Crippen LogP contribution < -0.4 is 0 Å². The highest BCUT2D eigenvalue weighted by Gasteiger charge is 2.29. The second-order valence-electron chi connectivity index (χ2n) is 4.15. The second-order valence-corrected chi connectivity index (χ2v) is 4.88. The topological polar surface area (TPSA) is 29.5 Å². The van der Waals surface area contributed by atoms with Crippen molar-refractivity contribution in [2.45, 2.75) is 37.0 Å². The van der Waals surface area contributed by atoms with Gasteiger partial charge in [-0.2, -0.15) is 12.6 Å². The van der Waals surface area contributed by atoms with E-state index in [1.54, 1.807) is 0 Å². The van der Waals surface area contributed by atoms with Crippen LogP contribution in [0.15, 0.2) is 0 Å². The van der Waals surface area contributed by atoms with Gasteiger partial charge in [0.25, 0.3) is 0 Å². The standard InChI is InChI=1S/C10H17NO2S/c12-10-5-9(14)7-11(10)6-8-3-1-2-4-13-8/h8-9,14H,1-7H2. The first-order valence-electron chi connectivity index (χ1n) is 5.33. The normalized spacial score (nSPS) is 33.8. The number of nitrogens with zero attached hydrogens (tertiary/aromatic N) is 1. The number of carbonyl (C=O) groups is 1. The van der Waals surface area contributed by atoms with Gasteiger partial charge >= 0.3 is 0 Å². The lowest BCUT2D eigenvalue weighted by atomic mass is 10.1. The van der Waals surface area contributed by atoms with Gasteiger partial charge in [-0.25, -0.2) is 0 Å². The predicted molar refractivity (Wildman–Crippen MR) is 57.6 cm³/mol. The minimum Gasteiger partial charge on any atom is -0.376 e. The SMILES string of the molecule is O=C1CC(S)CN1CC1CCCCO1. The van der Waals surface area contributed by atoms with Crippen LogP contribution in [0.2, 0.25) is 0 Å². The van der Waals surface area contributed by atoms with Crippen molar-refractivity contribution in [3.05, 3.63) is 0 Å². The summed E-state index contributed by atoms with van der Waals surface area (Å²) >= 11 is 4.33. The van der Waals surface area contributed by atoms with Gasteiger partial charge in [-0.1, -0.05) is 0 Å². The largest absolute Gasteiger partial charge is 0.376 e. The monoisotopic (exact) mass is 215 g/mol. The highest BCUT2D eigenvalue weighted by Crippen LogP contribution is 2.19. The summed E-state index contributed by atoms with van der Waals surface area (Å²) in [6, 6.07) is 0. The Hall–Kier alpha value is -0.220. The molecule has 2 unspecified atom stereocenters. The summed E-state index contributed by atoms with van der Waals surface area (Å²) in [5.74, 6) is 0.235. The molecule has 2 aliphatic heterocycles.